The van der Waals surface area contributed by atoms with E-state index in [2.05, 4.69) is 17.4 Å². The fraction of sp³-hybridized carbons (Fsp3) is 0.269. The van der Waals surface area contributed by atoms with Crippen molar-refractivity contribution in [2.24, 2.45) is 0 Å². The summed E-state index contributed by atoms with van der Waals surface area (Å²) in [6.07, 6.45) is 6.11. The minimum absolute atomic E-state index is 0.112. The molecule has 2 aliphatic rings. The summed E-state index contributed by atoms with van der Waals surface area (Å²) in [6, 6.07) is 20.3. The summed E-state index contributed by atoms with van der Waals surface area (Å²) in [6.45, 7) is 0.425. The zero-order chi connectivity index (χ0) is 21.5. The van der Waals surface area contributed by atoms with Gasteiger partial charge in [0, 0.05) is 17.0 Å². The van der Waals surface area contributed by atoms with E-state index in [1.165, 1.54) is 11.3 Å². The Morgan fingerprint density at radius 3 is 1.97 bits per heavy atom. The number of carbonyl (C=O) groups excluding carboxylic acids is 1. The molecule has 1 N–H and O–H groups in total. The summed E-state index contributed by atoms with van der Waals surface area (Å²) < 4.78 is 3.99. The molecule has 0 aliphatic heterocycles. The molecule has 2 aromatic carbocycles. The molecular formula is C26H25N5O. The summed E-state index contributed by atoms with van der Waals surface area (Å²) in [5.41, 5.74) is 8.41. The molecule has 0 bridgehead atoms. The van der Waals surface area contributed by atoms with Gasteiger partial charge in [-0.2, -0.15) is 10.2 Å². The van der Waals surface area contributed by atoms with Crippen molar-refractivity contribution in [2.75, 3.05) is 0 Å². The van der Waals surface area contributed by atoms with Gasteiger partial charge in [-0.3, -0.25) is 4.79 Å². The molecule has 0 atom stereocenters. The van der Waals surface area contributed by atoms with E-state index in [-0.39, 0.29) is 5.91 Å². The van der Waals surface area contributed by atoms with E-state index >= 15 is 0 Å². The second kappa shape index (κ2) is 7.79. The van der Waals surface area contributed by atoms with E-state index in [0.29, 0.717) is 12.2 Å². The van der Waals surface area contributed by atoms with Gasteiger partial charge in [0.1, 0.15) is 0 Å². The molecule has 4 aromatic rings. The van der Waals surface area contributed by atoms with Crippen molar-refractivity contribution >= 4 is 5.91 Å². The van der Waals surface area contributed by atoms with Crippen LogP contribution < -0.4 is 5.32 Å². The third-order valence-electron chi connectivity index (χ3n) is 6.58. The topological polar surface area (TPSA) is 64.7 Å². The van der Waals surface area contributed by atoms with Crippen LogP contribution in [0.25, 0.3) is 11.4 Å². The van der Waals surface area contributed by atoms with E-state index in [4.69, 9.17) is 10.2 Å². The van der Waals surface area contributed by atoms with Crippen LogP contribution in [0.5, 0.6) is 0 Å². The van der Waals surface area contributed by atoms with E-state index in [9.17, 15) is 4.79 Å². The van der Waals surface area contributed by atoms with Crippen molar-refractivity contribution in [3.05, 3.63) is 94.6 Å². The monoisotopic (exact) mass is 423 g/mol. The first kappa shape index (κ1) is 19.0. The lowest BCUT2D eigenvalue weighted by atomic mass is 10.1. The van der Waals surface area contributed by atoms with Crippen molar-refractivity contribution in [3.8, 4) is 11.4 Å². The molecule has 2 heterocycles. The third kappa shape index (κ3) is 3.14. The molecule has 0 spiro atoms. The number of aromatic nitrogens is 4. The average Bonchev–Trinajstić information content (AvgIpc) is 3.60. The first-order valence-corrected chi connectivity index (χ1v) is 11.4. The quantitative estimate of drug-likeness (QED) is 0.528. The summed E-state index contributed by atoms with van der Waals surface area (Å²) in [5, 5.41) is 12.7. The van der Waals surface area contributed by atoms with Crippen molar-refractivity contribution in [1.29, 1.82) is 0 Å². The second-order valence-corrected chi connectivity index (χ2v) is 8.53. The van der Waals surface area contributed by atoms with Crippen LogP contribution in [0.2, 0.25) is 0 Å². The van der Waals surface area contributed by atoms with Gasteiger partial charge in [-0.05, 0) is 68.4 Å². The van der Waals surface area contributed by atoms with Gasteiger partial charge in [0.25, 0.3) is 5.91 Å². The molecule has 6 heteroatoms. The summed E-state index contributed by atoms with van der Waals surface area (Å²) in [7, 11) is 0. The van der Waals surface area contributed by atoms with E-state index in [0.717, 1.165) is 66.9 Å². The van der Waals surface area contributed by atoms with Crippen molar-refractivity contribution in [2.45, 2.75) is 45.1 Å². The van der Waals surface area contributed by atoms with Gasteiger partial charge >= 0.3 is 0 Å². The van der Waals surface area contributed by atoms with Crippen molar-refractivity contribution in [3.63, 3.8) is 0 Å². The number of rotatable bonds is 5. The Hall–Kier alpha value is -3.67. The number of nitrogens with one attached hydrogen (secondary N) is 1. The fourth-order valence-corrected chi connectivity index (χ4v) is 5.09. The average molecular weight is 424 g/mol. The molecule has 6 rings (SSSR count). The van der Waals surface area contributed by atoms with Crippen molar-refractivity contribution < 1.29 is 4.79 Å². The Kier molecular flexibility index (Phi) is 4.63. The van der Waals surface area contributed by atoms with Crippen LogP contribution in [0.3, 0.4) is 0 Å². The molecule has 2 aliphatic carbocycles. The predicted molar refractivity (Wildman–Crippen MR) is 122 cm³/mol. The smallest absolute Gasteiger partial charge is 0.272 e. The maximum absolute atomic E-state index is 13.2. The maximum Gasteiger partial charge on any atom is 0.272 e. The number of amides is 1. The highest BCUT2D eigenvalue weighted by Gasteiger charge is 2.28. The van der Waals surface area contributed by atoms with Crippen molar-refractivity contribution in [1.82, 2.24) is 24.9 Å². The van der Waals surface area contributed by atoms with Gasteiger partial charge in [-0.1, -0.05) is 36.4 Å². The lowest BCUT2D eigenvalue weighted by Crippen LogP contribution is -2.25. The number of para-hydroxylation sites is 2. The molecule has 2 aromatic heterocycles. The molecule has 160 valence electrons. The van der Waals surface area contributed by atoms with Crippen LogP contribution in [0.4, 0.5) is 0 Å². The zero-order valence-electron chi connectivity index (χ0n) is 17.9. The number of benzene rings is 2. The van der Waals surface area contributed by atoms with Crippen LogP contribution in [0.1, 0.15) is 51.5 Å². The number of fused-ring (bicyclic) bond motifs is 2. The lowest BCUT2D eigenvalue weighted by molar-refractivity contribution is 0.0944. The predicted octanol–water partition coefficient (Wildman–Crippen LogP) is 3.97. The Morgan fingerprint density at radius 1 is 0.750 bits per heavy atom. The Bertz CT molecular complexity index is 1290. The molecule has 0 fully saturated rings. The number of hydrogen-bond acceptors (Lipinski definition) is 3. The van der Waals surface area contributed by atoms with Gasteiger partial charge in [0.15, 0.2) is 5.69 Å². The SMILES string of the molecule is O=C(NCc1nn(-c2ccccc2)c2c1CCC2)c1nn(-c2ccccc2)c2c1CCC2. The Labute approximate surface area is 186 Å². The van der Waals surface area contributed by atoms with Gasteiger partial charge in [-0.25, -0.2) is 9.36 Å². The van der Waals surface area contributed by atoms with E-state index in [1.54, 1.807) is 0 Å². The van der Waals surface area contributed by atoms with Crippen LogP contribution in [-0.4, -0.2) is 25.5 Å². The normalized spacial score (nSPS) is 14.4. The van der Waals surface area contributed by atoms with Gasteiger partial charge in [-0.15, -0.1) is 0 Å². The molecule has 0 radical (unpaired) electrons. The fourth-order valence-electron chi connectivity index (χ4n) is 5.09. The second-order valence-electron chi connectivity index (χ2n) is 8.53. The van der Waals surface area contributed by atoms with Crippen LogP contribution in [0, 0.1) is 0 Å². The first-order valence-electron chi connectivity index (χ1n) is 11.4. The number of hydrogen-bond donors (Lipinski definition) is 1. The van der Waals surface area contributed by atoms with Crippen LogP contribution in [0.15, 0.2) is 60.7 Å². The Morgan fingerprint density at radius 2 is 1.31 bits per heavy atom. The summed E-state index contributed by atoms with van der Waals surface area (Å²) in [5.74, 6) is -0.112. The molecule has 1 amide bonds. The first-order chi connectivity index (χ1) is 15.8. The molecule has 6 nitrogen and oxygen atoms in total. The van der Waals surface area contributed by atoms with Gasteiger partial charge < -0.3 is 5.32 Å². The highest BCUT2D eigenvalue weighted by molar-refractivity contribution is 5.94. The number of carbonyl (C=O) groups is 1. The maximum atomic E-state index is 13.2. The molecular weight excluding hydrogens is 398 g/mol. The molecule has 32 heavy (non-hydrogen) atoms. The van der Waals surface area contributed by atoms with Crippen LogP contribution in [-0.2, 0) is 32.2 Å². The molecule has 0 unspecified atom stereocenters. The number of nitrogens with zero attached hydrogens (tertiary/aromatic N) is 4. The summed E-state index contributed by atoms with van der Waals surface area (Å²) >= 11 is 0. The largest absolute Gasteiger partial charge is 0.345 e. The Balaban J connectivity index is 1.27. The minimum Gasteiger partial charge on any atom is -0.345 e. The lowest BCUT2D eigenvalue weighted by Gasteiger charge is -2.06. The minimum atomic E-state index is -0.112. The molecule has 0 saturated carbocycles. The highest BCUT2D eigenvalue weighted by atomic mass is 16.2. The molecule has 0 saturated heterocycles. The van der Waals surface area contributed by atoms with Gasteiger partial charge in [0.2, 0.25) is 0 Å². The van der Waals surface area contributed by atoms with E-state index < -0.39 is 0 Å². The van der Waals surface area contributed by atoms with E-state index in [1.807, 2.05) is 57.9 Å². The van der Waals surface area contributed by atoms with Gasteiger partial charge in [0.05, 0.1) is 23.6 Å². The van der Waals surface area contributed by atoms with Crippen LogP contribution >= 0.6 is 0 Å². The zero-order valence-corrected chi connectivity index (χ0v) is 17.9. The standard InChI is InChI=1S/C26H25N5O/c32-26(25-21-14-8-16-24(21)31(29-25)19-11-5-2-6-12-19)27-17-22-20-13-7-15-23(20)30(28-22)18-9-3-1-4-10-18/h1-6,9-12H,7-8,13-17H2,(H,27,32). The highest BCUT2D eigenvalue weighted by Crippen LogP contribution is 2.29. The third-order valence-corrected chi connectivity index (χ3v) is 6.58. The summed E-state index contributed by atoms with van der Waals surface area (Å²) in [4.78, 5) is 13.2.